The molecule has 1 heteroatoms. The van der Waals surface area contributed by atoms with E-state index in [1.54, 1.807) is 36.4 Å². The first-order chi connectivity index (χ1) is 32.3. The van der Waals surface area contributed by atoms with Crippen LogP contribution in [0, 0.1) is 0 Å². The van der Waals surface area contributed by atoms with Crippen molar-refractivity contribution in [3.63, 3.8) is 0 Å². The Morgan fingerprint density at radius 2 is 0.745 bits per heavy atom. The van der Waals surface area contributed by atoms with Gasteiger partial charge in [-0.1, -0.05) is 182 Å². The zero-order valence-corrected chi connectivity index (χ0v) is 29.4. The minimum Gasteiger partial charge on any atom is -0.311 e. The average Bonchev–Trinajstić information content (AvgIpc) is 3.35. The average molecular weight is 712 g/mol. The summed E-state index contributed by atoms with van der Waals surface area (Å²) in [4.78, 5) is 0.863. The Morgan fingerprint density at radius 1 is 0.291 bits per heavy atom. The molecule has 10 aromatic carbocycles. The van der Waals surface area contributed by atoms with Crippen LogP contribution >= 0.6 is 0 Å². The van der Waals surface area contributed by atoms with E-state index in [1.165, 1.54) is 0 Å². The largest absolute Gasteiger partial charge is 0.311 e. The first-order valence-corrected chi connectivity index (χ1v) is 18.0. The predicted molar refractivity (Wildman–Crippen MR) is 235 cm³/mol. The topological polar surface area (TPSA) is 3.24 Å². The van der Waals surface area contributed by atoms with Gasteiger partial charge in [-0.25, -0.2) is 0 Å². The van der Waals surface area contributed by atoms with Crippen molar-refractivity contribution in [2.75, 3.05) is 4.90 Å². The molecule has 0 aliphatic rings. The fourth-order valence-corrected chi connectivity index (χ4v) is 7.26. The zero-order valence-electron chi connectivity index (χ0n) is 41.4. The summed E-state index contributed by atoms with van der Waals surface area (Å²) in [5, 5.41) is 4.90. The van der Waals surface area contributed by atoms with E-state index >= 15 is 0 Å². The molecule has 0 aromatic heterocycles. The summed E-state index contributed by atoms with van der Waals surface area (Å²) in [5.41, 5.74) is 0.734. The van der Waals surface area contributed by atoms with Crippen LogP contribution < -0.4 is 4.90 Å². The van der Waals surface area contributed by atoms with Gasteiger partial charge in [0, 0.05) is 17.1 Å². The molecular formula is C54H37N. The summed E-state index contributed by atoms with van der Waals surface area (Å²) in [5.74, 6) is 0. The lowest BCUT2D eigenvalue weighted by Crippen LogP contribution is -2.09. The van der Waals surface area contributed by atoms with Crippen LogP contribution in [0.4, 0.5) is 17.1 Å². The second kappa shape index (κ2) is 14.0. The van der Waals surface area contributed by atoms with Gasteiger partial charge in [0.05, 0.1) is 16.4 Å². The lowest BCUT2D eigenvalue weighted by atomic mass is 9.90. The third-order valence-electron chi connectivity index (χ3n) is 9.87. The van der Waals surface area contributed by atoms with Crippen molar-refractivity contribution in [1.29, 1.82) is 0 Å². The lowest BCUT2D eigenvalue weighted by molar-refractivity contribution is 1.28. The van der Waals surface area contributed by atoms with Gasteiger partial charge in [0.15, 0.2) is 0 Å². The summed E-state index contributed by atoms with van der Waals surface area (Å²) in [6.07, 6.45) is 0. The van der Waals surface area contributed by atoms with Gasteiger partial charge in [-0.2, -0.15) is 0 Å². The van der Waals surface area contributed by atoms with E-state index in [9.17, 15) is 16.4 Å². The summed E-state index contributed by atoms with van der Waals surface area (Å²) in [6, 6.07) is 38.8. The van der Waals surface area contributed by atoms with Gasteiger partial charge in [0.2, 0.25) is 0 Å². The smallest absolute Gasteiger partial charge is 0.0645 e. The molecule has 0 amide bonds. The molecule has 0 bridgehead atoms. The molecule has 1 nitrogen and oxygen atoms in total. The van der Waals surface area contributed by atoms with Gasteiger partial charge in [-0.3, -0.25) is 0 Å². The third-order valence-corrected chi connectivity index (χ3v) is 9.87. The van der Waals surface area contributed by atoms with Gasteiger partial charge in [-0.05, 0) is 119 Å². The fourth-order valence-electron chi connectivity index (χ4n) is 7.26. The molecule has 0 radical (unpaired) electrons. The lowest BCUT2D eigenvalue weighted by Gasteiger charge is -2.26. The molecule has 0 saturated heterocycles. The molecule has 10 aromatic rings. The summed E-state index contributed by atoms with van der Waals surface area (Å²) < 4.78 is 115. The molecule has 0 heterocycles. The summed E-state index contributed by atoms with van der Waals surface area (Å²) in [7, 11) is 0. The second-order valence-electron chi connectivity index (χ2n) is 13.1. The number of benzene rings is 10. The van der Waals surface area contributed by atoms with Gasteiger partial charge < -0.3 is 4.90 Å². The number of nitrogens with zero attached hydrogens (tertiary/aromatic N) is 1. The molecule has 0 atom stereocenters. The van der Waals surface area contributed by atoms with Crippen LogP contribution in [0.15, 0.2) is 224 Å². The first-order valence-electron chi connectivity index (χ1n) is 24.0. The van der Waals surface area contributed by atoms with Crippen molar-refractivity contribution in [3.8, 4) is 44.5 Å². The molecule has 0 aliphatic carbocycles. The highest BCUT2D eigenvalue weighted by molar-refractivity contribution is 6.13. The first kappa shape index (κ1) is 22.1. The van der Waals surface area contributed by atoms with Crippen LogP contribution in [0.1, 0.15) is 16.4 Å². The van der Waals surface area contributed by atoms with Crippen molar-refractivity contribution >= 4 is 49.4 Å². The van der Waals surface area contributed by atoms with E-state index in [0.717, 1.165) is 37.4 Å². The molecule has 0 N–H and O–H groups in total. The summed E-state index contributed by atoms with van der Waals surface area (Å²) in [6.45, 7) is 0. The van der Waals surface area contributed by atoms with Crippen LogP contribution in [-0.2, 0) is 0 Å². The van der Waals surface area contributed by atoms with E-state index in [2.05, 4.69) is 0 Å². The van der Waals surface area contributed by atoms with E-state index < -0.39 is 89.6 Å². The molecule has 0 spiro atoms. The standard InChI is InChI=1S/C54H37N/c1-3-13-38(14-4-1)39-23-30-45(31-24-39)55(47-34-27-42(28-35-47)53-37-44-18-8-9-19-48(44)51-21-11-12-22-52(51)53)46-32-25-41(26-33-46)50-36-29-40-15-7-10-20-49(40)54(50)43-16-5-2-6-17-43/h1-37H/i23D,24D,25D,26D,27D,28D,30D,31D,32D,33D,34D,35D. The van der Waals surface area contributed by atoms with Crippen LogP contribution in [0.2, 0.25) is 0 Å². The highest BCUT2D eigenvalue weighted by atomic mass is 15.1. The van der Waals surface area contributed by atoms with Crippen LogP contribution in [0.25, 0.3) is 76.8 Å². The van der Waals surface area contributed by atoms with Crippen molar-refractivity contribution < 1.29 is 16.4 Å². The Bertz CT molecular complexity index is 3580. The normalized spacial score (nSPS) is 14.3. The van der Waals surface area contributed by atoms with Crippen LogP contribution in [0.3, 0.4) is 0 Å². The third kappa shape index (κ3) is 6.02. The molecule has 0 saturated carbocycles. The number of anilines is 3. The zero-order chi connectivity index (χ0) is 47.0. The van der Waals surface area contributed by atoms with Gasteiger partial charge in [-0.15, -0.1) is 0 Å². The Morgan fingerprint density at radius 3 is 1.36 bits per heavy atom. The maximum Gasteiger partial charge on any atom is 0.0645 e. The number of rotatable bonds is 7. The van der Waals surface area contributed by atoms with Crippen molar-refractivity contribution in [3.05, 3.63) is 224 Å². The van der Waals surface area contributed by atoms with Gasteiger partial charge >= 0.3 is 0 Å². The number of hydrogen-bond donors (Lipinski definition) is 0. The molecule has 0 fully saturated rings. The van der Waals surface area contributed by atoms with E-state index in [0.29, 0.717) is 27.6 Å². The highest BCUT2D eigenvalue weighted by Crippen LogP contribution is 2.42. The minimum absolute atomic E-state index is 0.0423. The van der Waals surface area contributed by atoms with Crippen molar-refractivity contribution in [2.24, 2.45) is 0 Å². The second-order valence-corrected chi connectivity index (χ2v) is 13.1. The Kier molecular flexibility index (Phi) is 5.61. The maximum absolute atomic E-state index is 9.74. The van der Waals surface area contributed by atoms with E-state index in [4.69, 9.17) is 0 Å². The Labute approximate surface area is 338 Å². The minimum atomic E-state index is -0.673. The van der Waals surface area contributed by atoms with E-state index in [-0.39, 0.29) is 16.7 Å². The monoisotopic (exact) mass is 711 g/mol. The molecule has 55 heavy (non-hydrogen) atoms. The Hall–Kier alpha value is -7.22. The molecule has 258 valence electrons. The SMILES string of the molecule is [2H]c1c([2H])c(N(c2c([2H])c([2H])c(-c3ccc4ccccc4c3-c3ccccc3)c([2H])c2[2H])c2c([2H])c([2H])c(-c3cc4ccccc4c4ccccc34)c([2H])c2[2H])c([2H])c([2H])c1-c1ccccc1. The molecule has 0 aliphatic heterocycles. The molecule has 10 rings (SSSR count). The predicted octanol–water partition coefficient (Wildman–Crippen LogP) is 15.3. The van der Waals surface area contributed by atoms with E-state index in [1.807, 2.05) is 115 Å². The van der Waals surface area contributed by atoms with Crippen molar-refractivity contribution in [1.82, 2.24) is 0 Å². The Balaban J connectivity index is 1.30. The summed E-state index contributed by atoms with van der Waals surface area (Å²) >= 11 is 0. The van der Waals surface area contributed by atoms with Crippen LogP contribution in [-0.4, -0.2) is 0 Å². The van der Waals surface area contributed by atoms with Crippen molar-refractivity contribution in [2.45, 2.75) is 0 Å². The number of fused-ring (bicyclic) bond motifs is 4. The maximum atomic E-state index is 9.74. The number of hydrogen-bond acceptors (Lipinski definition) is 1. The molecule has 0 unspecified atom stereocenters. The van der Waals surface area contributed by atoms with Gasteiger partial charge in [0.25, 0.3) is 0 Å². The quantitative estimate of drug-likeness (QED) is 0.149. The highest BCUT2D eigenvalue weighted by Gasteiger charge is 2.17. The fraction of sp³-hybridized carbons (Fsp3) is 0. The van der Waals surface area contributed by atoms with Gasteiger partial charge in [0.1, 0.15) is 0 Å². The van der Waals surface area contributed by atoms with Crippen LogP contribution in [0.5, 0.6) is 0 Å². The molecular weight excluding hydrogens is 663 g/mol.